The van der Waals surface area contributed by atoms with Gasteiger partial charge in [-0.15, -0.1) is 0 Å². The number of aliphatic hydroxyl groups is 1. The van der Waals surface area contributed by atoms with Gasteiger partial charge < -0.3 is 15.2 Å². The number of benzene rings is 1. The van der Waals surface area contributed by atoms with Crippen molar-refractivity contribution in [2.24, 2.45) is 0 Å². The molecular formula is C13H18ClNO2. The summed E-state index contributed by atoms with van der Waals surface area (Å²) in [5, 5.41) is 14.3. The van der Waals surface area contributed by atoms with E-state index >= 15 is 0 Å². The molecule has 0 aliphatic carbocycles. The third-order valence-electron chi connectivity index (χ3n) is 3.07. The van der Waals surface area contributed by atoms with E-state index in [4.69, 9.17) is 16.3 Å². The molecule has 3 nitrogen and oxygen atoms in total. The Kier molecular flexibility index (Phi) is 4.26. The number of halogens is 1. The molecule has 17 heavy (non-hydrogen) atoms. The van der Waals surface area contributed by atoms with Gasteiger partial charge in [-0.25, -0.2) is 0 Å². The lowest BCUT2D eigenvalue weighted by Gasteiger charge is -2.26. The third-order valence-corrected chi connectivity index (χ3v) is 3.30. The molecule has 0 bridgehead atoms. The minimum absolute atomic E-state index is 0.328. The third kappa shape index (κ3) is 3.87. The molecule has 0 radical (unpaired) electrons. The number of ether oxygens (including phenoxy) is 1. The summed E-state index contributed by atoms with van der Waals surface area (Å²) in [7, 11) is 0. The van der Waals surface area contributed by atoms with Crippen LogP contribution in [-0.4, -0.2) is 30.4 Å². The van der Waals surface area contributed by atoms with Crippen LogP contribution < -0.4 is 10.1 Å². The minimum atomic E-state index is -0.716. The van der Waals surface area contributed by atoms with Crippen LogP contribution in [0.4, 0.5) is 0 Å². The van der Waals surface area contributed by atoms with Crippen molar-refractivity contribution in [3.63, 3.8) is 0 Å². The summed E-state index contributed by atoms with van der Waals surface area (Å²) in [5.74, 6) is 0.711. The molecule has 0 saturated carbocycles. The summed E-state index contributed by atoms with van der Waals surface area (Å²) in [4.78, 5) is 0. The lowest BCUT2D eigenvalue weighted by Crippen LogP contribution is -2.36. The van der Waals surface area contributed by atoms with Gasteiger partial charge >= 0.3 is 0 Å². The highest BCUT2D eigenvalue weighted by Crippen LogP contribution is 2.23. The lowest BCUT2D eigenvalue weighted by molar-refractivity contribution is -0.0147. The predicted molar refractivity (Wildman–Crippen MR) is 68.6 cm³/mol. The van der Waals surface area contributed by atoms with Crippen LogP contribution in [0.15, 0.2) is 24.3 Å². The standard InChI is InChI=1S/C13H18ClNO2/c14-11-3-1-4-12(9-11)17-10-13(16)5-2-7-15-8-6-13/h1,3-4,9,15-16H,2,5-8,10H2/t13-/m0/s1. The Hall–Kier alpha value is -0.770. The number of hydrogen-bond acceptors (Lipinski definition) is 3. The van der Waals surface area contributed by atoms with Crippen LogP contribution in [0.25, 0.3) is 0 Å². The Morgan fingerprint density at radius 1 is 1.35 bits per heavy atom. The van der Waals surface area contributed by atoms with Gasteiger partial charge in [0.2, 0.25) is 0 Å². The molecule has 0 aromatic heterocycles. The molecule has 2 rings (SSSR count). The fourth-order valence-corrected chi connectivity index (χ4v) is 2.21. The normalized spacial score (nSPS) is 25.3. The summed E-state index contributed by atoms with van der Waals surface area (Å²) < 4.78 is 5.62. The van der Waals surface area contributed by atoms with Crippen LogP contribution in [0.3, 0.4) is 0 Å². The maximum atomic E-state index is 10.4. The molecule has 1 saturated heterocycles. The van der Waals surface area contributed by atoms with Crippen molar-refractivity contribution in [2.45, 2.75) is 24.9 Å². The molecule has 0 amide bonds. The fraction of sp³-hybridized carbons (Fsp3) is 0.538. The Balaban J connectivity index is 1.92. The van der Waals surface area contributed by atoms with Crippen molar-refractivity contribution < 1.29 is 9.84 Å². The van der Waals surface area contributed by atoms with Crippen molar-refractivity contribution in [3.8, 4) is 5.75 Å². The van der Waals surface area contributed by atoms with Crippen molar-refractivity contribution in [1.29, 1.82) is 0 Å². The topological polar surface area (TPSA) is 41.5 Å². The average molecular weight is 256 g/mol. The van der Waals surface area contributed by atoms with Gasteiger partial charge in [0, 0.05) is 5.02 Å². The molecule has 1 atom stereocenters. The van der Waals surface area contributed by atoms with Gasteiger partial charge in [-0.1, -0.05) is 17.7 Å². The van der Waals surface area contributed by atoms with Crippen LogP contribution in [0.2, 0.25) is 5.02 Å². The number of rotatable bonds is 3. The highest BCUT2D eigenvalue weighted by molar-refractivity contribution is 6.30. The van der Waals surface area contributed by atoms with Crippen LogP contribution in [-0.2, 0) is 0 Å². The second-order valence-electron chi connectivity index (χ2n) is 4.57. The van der Waals surface area contributed by atoms with Crippen LogP contribution in [0, 0.1) is 0 Å². The summed E-state index contributed by atoms with van der Waals surface area (Å²) >= 11 is 5.87. The molecular weight excluding hydrogens is 238 g/mol. The first-order valence-corrected chi connectivity index (χ1v) is 6.37. The summed E-state index contributed by atoms with van der Waals surface area (Å²) in [6, 6.07) is 7.26. The zero-order valence-electron chi connectivity index (χ0n) is 9.79. The molecule has 1 fully saturated rings. The summed E-state index contributed by atoms with van der Waals surface area (Å²) in [6.07, 6.45) is 2.49. The van der Waals surface area contributed by atoms with Gasteiger partial charge in [0.1, 0.15) is 12.4 Å². The van der Waals surface area contributed by atoms with E-state index in [1.54, 1.807) is 12.1 Å². The van der Waals surface area contributed by atoms with E-state index in [-0.39, 0.29) is 0 Å². The Bertz CT molecular complexity index is 362. The van der Waals surface area contributed by atoms with Gasteiger partial charge in [0.15, 0.2) is 0 Å². The van der Waals surface area contributed by atoms with Gasteiger partial charge in [-0.05, 0) is 50.6 Å². The van der Waals surface area contributed by atoms with Gasteiger partial charge in [-0.2, -0.15) is 0 Å². The number of nitrogens with one attached hydrogen (secondary N) is 1. The summed E-state index contributed by atoms with van der Waals surface area (Å²) in [5.41, 5.74) is -0.716. The predicted octanol–water partition coefficient (Wildman–Crippen LogP) is 2.22. The highest BCUT2D eigenvalue weighted by Gasteiger charge is 2.28. The first-order valence-electron chi connectivity index (χ1n) is 5.99. The number of hydrogen-bond donors (Lipinski definition) is 2. The first-order chi connectivity index (χ1) is 8.18. The van der Waals surface area contributed by atoms with Crippen molar-refractivity contribution >= 4 is 11.6 Å². The Morgan fingerprint density at radius 2 is 2.24 bits per heavy atom. The first kappa shape index (κ1) is 12.7. The smallest absolute Gasteiger partial charge is 0.120 e. The van der Waals surface area contributed by atoms with Gasteiger partial charge in [0.05, 0.1) is 5.60 Å². The zero-order chi connectivity index (χ0) is 12.1. The molecule has 1 aliphatic rings. The maximum Gasteiger partial charge on any atom is 0.120 e. The van der Waals surface area contributed by atoms with Crippen LogP contribution >= 0.6 is 11.6 Å². The van der Waals surface area contributed by atoms with Crippen molar-refractivity contribution in [1.82, 2.24) is 5.32 Å². The fourth-order valence-electron chi connectivity index (χ4n) is 2.03. The second-order valence-corrected chi connectivity index (χ2v) is 5.01. The van der Waals surface area contributed by atoms with Crippen molar-refractivity contribution in [2.75, 3.05) is 19.7 Å². The second kappa shape index (κ2) is 5.71. The van der Waals surface area contributed by atoms with Gasteiger partial charge in [0.25, 0.3) is 0 Å². The largest absolute Gasteiger partial charge is 0.491 e. The van der Waals surface area contributed by atoms with E-state index in [2.05, 4.69) is 5.32 Å². The van der Waals surface area contributed by atoms with E-state index in [1.165, 1.54) is 0 Å². The minimum Gasteiger partial charge on any atom is -0.491 e. The average Bonchev–Trinajstić information content (AvgIpc) is 2.53. The van der Waals surface area contributed by atoms with E-state index in [0.717, 1.165) is 32.4 Å². The van der Waals surface area contributed by atoms with E-state index in [1.807, 2.05) is 12.1 Å². The maximum absolute atomic E-state index is 10.4. The SMILES string of the molecule is O[C@@]1(COc2cccc(Cl)c2)CCCNCC1. The molecule has 0 spiro atoms. The molecule has 2 N–H and O–H groups in total. The van der Waals surface area contributed by atoms with Crippen LogP contribution in [0.5, 0.6) is 5.75 Å². The van der Waals surface area contributed by atoms with Crippen LogP contribution in [0.1, 0.15) is 19.3 Å². The monoisotopic (exact) mass is 255 g/mol. The molecule has 1 aromatic rings. The van der Waals surface area contributed by atoms with E-state index in [9.17, 15) is 5.11 Å². The Labute approximate surface area is 107 Å². The Morgan fingerprint density at radius 3 is 3.06 bits per heavy atom. The highest BCUT2D eigenvalue weighted by atomic mass is 35.5. The van der Waals surface area contributed by atoms with Gasteiger partial charge in [-0.3, -0.25) is 0 Å². The molecule has 1 aromatic carbocycles. The summed E-state index contributed by atoms with van der Waals surface area (Å²) in [6.45, 7) is 2.14. The molecule has 1 heterocycles. The zero-order valence-corrected chi connectivity index (χ0v) is 10.5. The van der Waals surface area contributed by atoms with E-state index in [0.29, 0.717) is 17.4 Å². The molecule has 0 unspecified atom stereocenters. The quantitative estimate of drug-likeness (QED) is 0.870. The molecule has 4 heteroatoms. The molecule has 1 aliphatic heterocycles. The van der Waals surface area contributed by atoms with E-state index < -0.39 is 5.60 Å². The van der Waals surface area contributed by atoms with Crippen molar-refractivity contribution in [3.05, 3.63) is 29.3 Å². The lowest BCUT2D eigenvalue weighted by atomic mass is 9.96. The molecule has 94 valence electrons.